The fourth-order valence-corrected chi connectivity index (χ4v) is 1.94. The summed E-state index contributed by atoms with van der Waals surface area (Å²) in [5, 5.41) is 3.27. The van der Waals surface area contributed by atoms with Crippen molar-refractivity contribution < 1.29 is 9.53 Å². The van der Waals surface area contributed by atoms with Gasteiger partial charge in [0.15, 0.2) is 0 Å². The smallest absolute Gasteiger partial charge is 0.243 e. The van der Waals surface area contributed by atoms with Gasteiger partial charge < -0.3 is 15.8 Å². The molecule has 0 aliphatic carbocycles. The fourth-order valence-electron chi connectivity index (χ4n) is 1.22. The molecule has 17 heavy (non-hydrogen) atoms. The van der Waals surface area contributed by atoms with Gasteiger partial charge in [0.25, 0.3) is 0 Å². The minimum absolute atomic E-state index is 0.170. The first-order valence-electron chi connectivity index (χ1n) is 4.96. The van der Waals surface area contributed by atoms with Gasteiger partial charge in [0, 0.05) is 16.6 Å². The van der Waals surface area contributed by atoms with E-state index in [9.17, 15) is 4.79 Å². The second-order valence-corrected chi connectivity index (χ2v) is 4.89. The summed E-state index contributed by atoms with van der Waals surface area (Å²) in [7, 11) is 1.49. The van der Waals surface area contributed by atoms with Crippen LogP contribution in [0, 0.1) is 6.92 Å². The lowest BCUT2D eigenvalue weighted by molar-refractivity contribution is -0.118. The van der Waals surface area contributed by atoms with E-state index in [0.717, 1.165) is 10.0 Å². The Morgan fingerprint density at radius 1 is 1.65 bits per heavy atom. The molecular formula is C11H14BrClN2O2. The maximum Gasteiger partial charge on any atom is 0.243 e. The maximum atomic E-state index is 11.7. The Morgan fingerprint density at radius 2 is 2.29 bits per heavy atom. The van der Waals surface area contributed by atoms with Gasteiger partial charge in [-0.2, -0.15) is 0 Å². The number of anilines is 1. The minimum atomic E-state index is -0.702. The first-order chi connectivity index (χ1) is 7.95. The van der Waals surface area contributed by atoms with E-state index >= 15 is 0 Å². The summed E-state index contributed by atoms with van der Waals surface area (Å²) < 4.78 is 5.57. The van der Waals surface area contributed by atoms with E-state index < -0.39 is 6.04 Å². The number of rotatable bonds is 4. The summed E-state index contributed by atoms with van der Waals surface area (Å²) in [6.45, 7) is 2.05. The number of nitrogens with two attached hydrogens (primary N) is 1. The zero-order valence-electron chi connectivity index (χ0n) is 9.59. The molecule has 0 saturated heterocycles. The molecule has 3 N–H and O–H groups in total. The zero-order chi connectivity index (χ0) is 13.0. The van der Waals surface area contributed by atoms with Crippen molar-refractivity contribution in [2.75, 3.05) is 19.0 Å². The van der Waals surface area contributed by atoms with Crippen LogP contribution in [0.25, 0.3) is 0 Å². The van der Waals surface area contributed by atoms with Crippen LogP contribution in [0.15, 0.2) is 16.6 Å². The monoisotopic (exact) mass is 320 g/mol. The second-order valence-electron chi connectivity index (χ2n) is 3.63. The Kier molecular flexibility index (Phi) is 5.39. The lowest BCUT2D eigenvalue weighted by Gasteiger charge is -2.13. The lowest BCUT2D eigenvalue weighted by Crippen LogP contribution is -2.39. The largest absolute Gasteiger partial charge is 0.383 e. The summed E-state index contributed by atoms with van der Waals surface area (Å²) >= 11 is 9.33. The summed E-state index contributed by atoms with van der Waals surface area (Å²) in [6.07, 6.45) is 0. The van der Waals surface area contributed by atoms with Gasteiger partial charge in [0.05, 0.1) is 12.3 Å². The van der Waals surface area contributed by atoms with Crippen molar-refractivity contribution >= 4 is 39.1 Å². The van der Waals surface area contributed by atoms with E-state index in [0.29, 0.717) is 10.7 Å². The van der Waals surface area contributed by atoms with Crippen LogP contribution in [0.1, 0.15) is 5.56 Å². The van der Waals surface area contributed by atoms with Crippen LogP contribution in [0.5, 0.6) is 0 Å². The Bertz CT molecular complexity index is 426. The molecule has 94 valence electrons. The van der Waals surface area contributed by atoms with Gasteiger partial charge in [-0.25, -0.2) is 0 Å². The molecule has 0 aliphatic heterocycles. The van der Waals surface area contributed by atoms with Gasteiger partial charge in [-0.3, -0.25) is 4.79 Å². The van der Waals surface area contributed by atoms with Crippen LogP contribution in [-0.2, 0) is 9.53 Å². The van der Waals surface area contributed by atoms with Crippen LogP contribution in [0.4, 0.5) is 5.69 Å². The highest BCUT2D eigenvalue weighted by molar-refractivity contribution is 9.10. The molecule has 1 aromatic carbocycles. The predicted octanol–water partition coefficient (Wildman–Crippen LogP) is 2.32. The van der Waals surface area contributed by atoms with Gasteiger partial charge in [-0.05, 0) is 40.5 Å². The number of amides is 1. The summed E-state index contributed by atoms with van der Waals surface area (Å²) in [6, 6.07) is 2.81. The minimum Gasteiger partial charge on any atom is -0.383 e. The Labute approximate surface area is 114 Å². The average molecular weight is 322 g/mol. The van der Waals surface area contributed by atoms with Crippen LogP contribution in [0.3, 0.4) is 0 Å². The number of halogens is 2. The molecule has 1 aromatic rings. The van der Waals surface area contributed by atoms with Crippen molar-refractivity contribution in [1.82, 2.24) is 0 Å². The predicted molar refractivity (Wildman–Crippen MR) is 72.4 cm³/mol. The molecule has 0 radical (unpaired) electrons. The van der Waals surface area contributed by atoms with Gasteiger partial charge in [0.1, 0.15) is 6.04 Å². The third-order valence-electron chi connectivity index (χ3n) is 2.19. The SMILES string of the molecule is COCC(N)C(=O)Nc1cc(Cl)c(C)cc1Br. The van der Waals surface area contributed by atoms with E-state index in [2.05, 4.69) is 21.2 Å². The molecule has 0 aromatic heterocycles. The molecule has 1 rings (SSSR count). The summed E-state index contributed by atoms with van der Waals surface area (Å²) in [4.78, 5) is 11.7. The molecule has 0 bridgehead atoms. The Balaban J connectivity index is 2.81. The highest BCUT2D eigenvalue weighted by Crippen LogP contribution is 2.29. The summed E-state index contributed by atoms with van der Waals surface area (Å²) in [5.41, 5.74) is 7.13. The van der Waals surface area contributed by atoms with Crippen molar-refractivity contribution in [2.45, 2.75) is 13.0 Å². The molecule has 1 unspecified atom stereocenters. The molecule has 0 fully saturated rings. The van der Waals surface area contributed by atoms with Crippen LogP contribution in [0.2, 0.25) is 5.02 Å². The number of nitrogens with one attached hydrogen (secondary N) is 1. The van der Waals surface area contributed by atoms with E-state index in [-0.39, 0.29) is 12.5 Å². The van der Waals surface area contributed by atoms with Crippen molar-refractivity contribution in [2.24, 2.45) is 5.73 Å². The van der Waals surface area contributed by atoms with Gasteiger partial charge in [0.2, 0.25) is 5.91 Å². The number of carbonyl (C=O) groups is 1. The molecule has 0 heterocycles. The zero-order valence-corrected chi connectivity index (χ0v) is 11.9. The van der Waals surface area contributed by atoms with E-state index in [1.807, 2.05) is 13.0 Å². The molecular weight excluding hydrogens is 307 g/mol. The number of carbonyl (C=O) groups excluding carboxylic acids is 1. The number of hydrogen-bond acceptors (Lipinski definition) is 3. The van der Waals surface area contributed by atoms with E-state index in [1.165, 1.54) is 7.11 Å². The van der Waals surface area contributed by atoms with Gasteiger partial charge in [-0.15, -0.1) is 0 Å². The first-order valence-corrected chi connectivity index (χ1v) is 6.13. The van der Waals surface area contributed by atoms with Crippen molar-refractivity contribution in [3.63, 3.8) is 0 Å². The number of hydrogen-bond donors (Lipinski definition) is 2. The number of ether oxygens (including phenoxy) is 1. The van der Waals surface area contributed by atoms with E-state index in [4.69, 9.17) is 22.1 Å². The Morgan fingerprint density at radius 3 is 2.88 bits per heavy atom. The molecule has 0 saturated carbocycles. The quantitative estimate of drug-likeness (QED) is 0.894. The van der Waals surface area contributed by atoms with Gasteiger partial charge >= 0.3 is 0 Å². The third-order valence-corrected chi connectivity index (χ3v) is 3.25. The van der Waals surface area contributed by atoms with Gasteiger partial charge in [-0.1, -0.05) is 11.6 Å². The van der Waals surface area contributed by atoms with Crippen molar-refractivity contribution in [3.05, 3.63) is 27.2 Å². The van der Waals surface area contributed by atoms with Crippen molar-refractivity contribution in [1.29, 1.82) is 0 Å². The topological polar surface area (TPSA) is 64.3 Å². The normalized spacial score (nSPS) is 12.3. The fraction of sp³-hybridized carbons (Fsp3) is 0.364. The standard InChI is InChI=1S/C11H14BrClN2O2/c1-6-3-7(12)10(4-8(6)13)15-11(16)9(14)5-17-2/h3-4,9H,5,14H2,1-2H3,(H,15,16). The highest BCUT2D eigenvalue weighted by Gasteiger charge is 2.15. The third kappa shape index (κ3) is 3.96. The number of methoxy groups -OCH3 is 1. The van der Waals surface area contributed by atoms with E-state index in [1.54, 1.807) is 6.07 Å². The average Bonchev–Trinajstić information content (AvgIpc) is 2.26. The molecule has 1 atom stereocenters. The Hall–Kier alpha value is -0.620. The molecule has 1 amide bonds. The number of benzene rings is 1. The number of aryl methyl sites for hydroxylation is 1. The lowest BCUT2D eigenvalue weighted by atomic mass is 10.2. The van der Waals surface area contributed by atoms with Crippen LogP contribution >= 0.6 is 27.5 Å². The first kappa shape index (κ1) is 14.4. The second kappa shape index (κ2) is 6.35. The van der Waals surface area contributed by atoms with Crippen molar-refractivity contribution in [3.8, 4) is 0 Å². The molecule has 4 nitrogen and oxygen atoms in total. The molecule has 0 aliphatic rings. The van der Waals surface area contributed by atoms with Crippen LogP contribution in [-0.4, -0.2) is 25.7 Å². The highest BCUT2D eigenvalue weighted by atomic mass is 79.9. The molecule has 0 spiro atoms. The maximum absolute atomic E-state index is 11.7. The van der Waals surface area contributed by atoms with Crippen LogP contribution < -0.4 is 11.1 Å². The molecule has 6 heteroatoms. The summed E-state index contributed by atoms with van der Waals surface area (Å²) in [5.74, 6) is -0.313.